The lowest BCUT2D eigenvalue weighted by atomic mass is 9.99. The zero-order chi connectivity index (χ0) is 20.0. The Bertz CT molecular complexity index is 802. The molecule has 7 heteroatoms. The highest BCUT2D eigenvalue weighted by molar-refractivity contribution is 6.09. The van der Waals surface area contributed by atoms with Gasteiger partial charge in [0, 0.05) is 5.69 Å². The molecule has 2 N–H and O–H groups in total. The van der Waals surface area contributed by atoms with Gasteiger partial charge < -0.3 is 5.32 Å². The largest absolute Gasteiger partial charge is 0.405 e. The van der Waals surface area contributed by atoms with Gasteiger partial charge >= 0.3 is 6.18 Å². The Balaban J connectivity index is 2.24. The van der Waals surface area contributed by atoms with Crippen LogP contribution in [0.1, 0.15) is 32.3 Å². The number of hydrogen-bond acceptors (Lipinski definition) is 3. The van der Waals surface area contributed by atoms with E-state index in [-0.39, 0.29) is 11.6 Å². The van der Waals surface area contributed by atoms with Crippen LogP contribution < -0.4 is 10.7 Å². The predicted octanol–water partition coefficient (Wildman–Crippen LogP) is 5.42. The third-order valence-corrected chi connectivity index (χ3v) is 3.98. The number of amides is 1. The van der Waals surface area contributed by atoms with E-state index < -0.39 is 18.0 Å². The Hall–Kier alpha value is -2.83. The SMILES string of the molecule is CC(=NNc1ccccc1)C(C(=O)Nc1ccccc1C(C)C)C(F)(F)F. The van der Waals surface area contributed by atoms with Crippen LogP contribution in [0.2, 0.25) is 0 Å². The summed E-state index contributed by atoms with van der Waals surface area (Å²) in [5, 5.41) is 6.18. The maximum atomic E-state index is 13.5. The topological polar surface area (TPSA) is 53.5 Å². The fraction of sp³-hybridized carbons (Fsp3) is 0.300. The molecule has 0 saturated carbocycles. The number of benzene rings is 2. The van der Waals surface area contributed by atoms with E-state index in [0.29, 0.717) is 11.4 Å². The summed E-state index contributed by atoms with van der Waals surface area (Å²) in [6.45, 7) is 4.99. The highest BCUT2D eigenvalue weighted by Crippen LogP contribution is 2.30. The fourth-order valence-corrected chi connectivity index (χ4v) is 2.62. The minimum Gasteiger partial charge on any atom is -0.325 e. The Morgan fingerprint density at radius 1 is 1.00 bits per heavy atom. The van der Waals surface area contributed by atoms with Gasteiger partial charge in [0.25, 0.3) is 0 Å². The van der Waals surface area contributed by atoms with Crippen molar-refractivity contribution >= 4 is 23.0 Å². The van der Waals surface area contributed by atoms with Crippen LogP contribution in [0.3, 0.4) is 0 Å². The number of carbonyl (C=O) groups is 1. The van der Waals surface area contributed by atoms with E-state index in [1.807, 2.05) is 13.8 Å². The number of nitrogens with zero attached hydrogens (tertiary/aromatic N) is 1. The number of nitrogens with one attached hydrogen (secondary N) is 2. The quantitative estimate of drug-likeness (QED) is 0.522. The lowest BCUT2D eigenvalue weighted by Crippen LogP contribution is -2.40. The van der Waals surface area contributed by atoms with Gasteiger partial charge in [-0.3, -0.25) is 10.2 Å². The van der Waals surface area contributed by atoms with E-state index in [4.69, 9.17) is 0 Å². The maximum Gasteiger partial charge on any atom is 0.405 e. The standard InChI is InChI=1S/C20H22F3N3O/c1-13(2)16-11-7-8-12-17(16)24-19(27)18(20(21,22)23)14(3)25-26-15-9-5-4-6-10-15/h4-13,18,26H,1-3H3,(H,24,27). The van der Waals surface area contributed by atoms with Crippen LogP contribution in [0.4, 0.5) is 24.5 Å². The molecule has 0 bridgehead atoms. The summed E-state index contributed by atoms with van der Waals surface area (Å²) < 4.78 is 40.6. The lowest BCUT2D eigenvalue weighted by Gasteiger charge is -2.21. The second kappa shape index (κ2) is 8.70. The summed E-state index contributed by atoms with van der Waals surface area (Å²) in [7, 11) is 0. The number of halogens is 3. The second-order valence-corrected chi connectivity index (χ2v) is 6.44. The van der Waals surface area contributed by atoms with Crippen LogP contribution in [0.15, 0.2) is 59.7 Å². The van der Waals surface area contributed by atoms with E-state index in [0.717, 1.165) is 5.56 Å². The van der Waals surface area contributed by atoms with Crippen molar-refractivity contribution in [2.24, 2.45) is 11.0 Å². The molecular weight excluding hydrogens is 355 g/mol. The first kappa shape index (κ1) is 20.5. The zero-order valence-corrected chi connectivity index (χ0v) is 15.3. The number of rotatable bonds is 6. The van der Waals surface area contributed by atoms with E-state index >= 15 is 0 Å². The summed E-state index contributed by atoms with van der Waals surface area (Å²) >= 11 is 0. The van der Waals surface area contributed by atoms with Gasteiger partial charge in [-0.25, -0.2) is 0 Å². The molecule has 0 fully saturated rings. The molecule has 2 rings (SSSR count). The van der Waals surface area contributed by atoms with Crippen molar-refractivity contribution in [2.45, 2.75) is 32.9 Å². The molecule has 2 aromatic rings. The number of carbonyl (C=O) groups excluding carboxylic acids is 1. The summed E-state index contributed by atoms with van der Waals surface area (Å²) in [4.78, 5) is 12.4. The number of para-hydroxylation sites is 2. The number of alkyl halides is 3. The van der Waals surface area contributed by atoms with Crippen LogP contribution in [0.5, 0.6) is 0 Å². The molecule has 27 heavy (non-hydrogen) atoms. The van der Waals surface area contributed by atoms with Crippen LogP contribution >= 0.6 is 0 Å². The lowest BCUT2D eigenvalue weighted by molar-refractivity contribution is -0.165. The summed E-state index contributed by atoms with van der Waals surface area (Å²) in [5.74, 6) is -3.46. The van der Waals surface area contributed by atoms with Crippen molar-refractivity contribution in [2.75, 3.05) is 10.7 Å². The van der Waals surface area contributed by atoms with Crippen LogP contribution in [0, 0.1) is 5.92 Å². The second-order valence-electron chi connectivity index (χ2n) is 6.44. The van der Waals surface area contributed by atoms with Crippen LogP contribution in [-0.2, 0) is 4.79 Å². The zero-order valence-electron chi connectivity index (χ0n) is 15.3. The first-order valence-electron chi connectivity index (χ1n) is 8.52. The number of anilines is 2. The molecular formula is C20H22F3N3O. The van der Waals surface area contributed by atoms with Crippen molar-refractivity contribution in [1.29, 1.82) is 0 Å². The summed E-state index contributed by atoms with van der Waals surface area (Å²) in [6, 6.07) is 15.4. The molecule has 1 amide bonds. The van der Waals surface area contributed by atoms with E-state index in [9.17, 15) is 18.0 Å². The van der Waals surface area contributed by atoms with E-state index in [1.54, 1.807) is 54.6 Å². The highest BCUT2D eigenvalue weighted by Gasteiger charge is 2.47. The average molecular weight is 377 g/mol. The van der Waals surface area contributed by atoms with Crippen molar-refractivity contribution in [3.63, 3.8) is 0 Å². The van der Waals surface area contributed by atoms with Crippen molar-refractivity contribution < 1.29 is 18.0 Å². The van der Waals surface area contributed by atoms with Crippen molar-refractivity contribution in [3.8, 4) is 0 Å². The third kappa shape index (κ3) is 5.57. The van der Waals surface area contributed by atoms with E-state index in [2.05, 4.69) is 15.8 Å². The summed E-state index contributed by atoms with van der Waals surface area (Å²) in [5.41, 5.74) is 3.85. The average Bonchev–Trinajstić information content (AvgIpc) is 2.60. The molecule has 0 radical (unpaired) electrons. The molecule has 0 spiro atoms. The van der Waals surface area contributed by atoms with Crippen molar-refractivity contribution in [3.05, 3.63) is 60.2 Å². The van der Waals surface area contributed by atoms with Crippen LogP contribution in [-0.4, -0.2) is 17.8 Å². The molecule has 2 aromatic carbocycles. The Morgan fingerprint density at radius 3 is 2.19 bits per heavy atom. The molecule has 4 nitrogen and oxygen atoms in total. The Morgan fingerprint density at radius 2 is 1.59 bits per heavy atom. The van der Waals surface area contributed by atoms with Gasteiger partial charge in [-0.1, -0.05) is 50.2 Å². The molecule has 144 valence electrons. The smallest absolute Gasteiger partial charge is 0.325 e. The molecule has 0 saturated heterocycles. The Kier molecular flexibility index (Phi) is 6.60. The predicted molar refractivity (Wildman–Crippen MR) is 102 cm³/mol. The maximum absolute atomic E-state index is 13.5. The highest BCUT2D eigenvalue weighted by atomic mass is 19.4. The minimum absolute atomic E-state index is 0.0559. The molecule has 0 aliphatic rings. The number of hydrazone groups is 1. The molecule has 0 aromatic heterocycles. The molecule has 0 heterocycles. The monoisotopic (exact) mass is 377 g/mol. The fourth-order valence-electron chi connectivity index (χ4n) is 2.62. The van der Waals surface area contributed by atoms with Gasteiger partial charge in [-0.2, -0.15) is 18.3 Å². The van der Waals surface area contributed by atoms with Gasteiger partial charge in [0.1, 0.15) is 0 Å². The van der Waals surface area contributed by atoms with Gasteiger partial charge in [-0.05, 0) is 36.6 Å². The van der Waals surface area contributed by atoms with Crippen LogP contribution in [0.25, 0.3) is 0 Å². The van der Waals surface area contributed by atoms with Gasteiger partial charge in [-0.15, -0.1) is 0 Å². The Labute approximate surface area is 156 Å². The van der Waals surface area contributed by atoms with Gasteiger partial charge in [0.2, 0.25) is 5.91 Å². The normalized spacial score (nSPS) is 13.4. The molecule has 1 atom stereocenters. The molecule has 0 aliphatic carbocycles. The third-order valence-electron chi connectivity index (χ3n) is 3.98. The van der Waals surface area contributed by atoms with Crippen molar-refractivity contribution in [1.82, 2.24) is 0 Å². The molecule has 0 aliphatic heterocycles. The number of hydrogen-bond donors (Lipinski definition) is 2. The first-order valence-corrected chi connectivity index (χ1v) is 8.52. The first-order chi connectivity index (χ1) is 12.7. The minimum atomic E-state index is -4.76. The molecule has 1 unspecified atom stereocenters. The van der Waals surface area contributed by atoms with Gasteiger partial charge in [0.15, 0.2) is 5.92 Å². The summed E-state index contributed by atoms with van der Waals surface area (Å²) in [6.07, 6.45) is -4.76. The van der Waals surface area contributed by atoms with Gasteiger partial charge in [0.05, 0.1) is 11.4 Å². The van der Waals surface area contributed by atoms with E-state index in [1.165, 1.54) is 6.92 Å².